The summed E-state index contributed by atoms with van der Waals surface area (Å²) in [6.45, 7) is 1.20. The first-order chi connectivity index (χ1) is 19.7. The summed E-state index contributed by atoms with van der Waals surface area (Å²) in [6, 6.07) is 6.02. The minimum absolute atomic E-state index is 0.0719. The topological polar surface area (TPSA) is 119 Å². The van der Waals surface area contributed by atoms with Gasteiger partial charge in [0.05, 0.1) is 11.7 Å². The van der Waals surface area contributed by atoms with Gasteiger partial charge in [0.15, 0.2) is 17.6 Å². The van der Waals surface area contributed by atoms with Crippen molar-refractivity contribution in [1.82, 2.24) is 19.9 Å². The molecule has 0 unspecified atom stereocenters. The van der Waals surface area contributed by atoms with Crippen LogP contribution in [0.5, 0.6) is 5.88 Å². The Bertz CT molecular complexity index is 1620. The predicted octanol–water partition coefficient (Wildman–Crippen LogP) is 4.33. The highest BCUT2D eigenvalue weighted by atomic mass is 32.2. The number of ether oxygens (including phenoxy) is 1. The van der Waals surface area contributed by atoms with Crippen molar-refractivity contribution in [2.45, 2.75) is 30.1 Å². The summed E-state index contributed by atoms with van der Waals surface area (Å²) in [5.41, 5.74) is 6.16. The number of carbonyl (C=O) groups is 1. The van der Waals surface area contributed by atoms with Gasteiger partial charge in [0.2, 0.25) is 11.8 Å². The van der Waals surface area contributed by atoms with Crippen molar-refractivity contribution in [3.8, 4) is 17.7 Å². The molecule has 1 aliphatic carbocycles. The van der Waals surface area contributed by atoms with Crippen molar-refractivity contribution in [3.05, 3.63) is 60.2 Å². The monoisotopic (exact) mass is 577 g/mol. The van der Waals surface area contributed by atoms with Gasteiger partial charge in [0.25, 0.3) is 0 Å². The van der Waals surface area contributed by atoms with E-state index in [-0.39, 0.29) is 23.2 Å². The Morgan fingerprint density at radius 3 is 2.90 bits per heavy atom. The summed E-state index contributed by atoms with van der Waals surface area (Å²) >= 11 is 1.27. The number of benzene rings is 1. The molecule has 5 rings (SSSR count). The largest absolute Gasteiger partial charge is 0.463 e. The van der Waals surface area contributed by atoms with Crippen molar-refractivity contribution in [2.24, 2.45) is 16.6 Å². The fraction of sp³-hybridized carbons (Fsp3) is 0.345. The van der Waals surface area contributed by atoms with E-state index in [1.807, 2.05) is 6.92 Å². The molecule has 1 aliphatic heterocycles. The van der Waals surface area contributed by atoms with Gasteiger partial charge in [0, 0.05) is 54.7 Å². The lowest BCUT2D eigenvalue weighted by Crippen LogP contribution is -2.39. The molecule has 3 atom stereocenters. The van der Waals surface area contributed by atoms with Crippen LogP contribution in [0.2, 0.25) is 0 Å². The van der Waals surface area contributed by atoms with E-state index < -0.39 is 28.7 Å². The average Bonchev–Trinajstić information content (AvgIpc) is 3.69. The zero-order chi connectivity index (χ0) is 29.2. The second kappa shape index (κ2) is 11.3. The van der Waals surface area contributed by atoms with Crippen LogP contribution in [0.3, 0.4) is 0 Å². The second-order valence-corrected chi connectivity index (χ2v) is 11.3. The number of nitrogens with two attached hydrogens (primary N) is 1. The van der Waals surface area contributed by atoms with Crippen LogP contribution in [0.1, 0.15) is 25.3 Å². The molecule has 2 aliphatic rings. The highest BCUT2D eigenvalue weighted by molar-refractivity contribution is 8.15. The number of alkyl halides is 1. The third kappa shape index (κ3) is 5.54. The number of aliphatic imine (C=N–C) groups is 1. The van der Waals surface area contributed by atoms with E-state index in [4.69, 9.17) is 10.5 Å². The number of fused-ring (bicyclic) bond motifs is 2. The molecular formula is C29H29F2N7O2S. The minimum Gasteiger partial charge on any atom is -0.463 e. The van der Waals surface area contributed by atoms with Crippen molar-refractivity contribution in [2.75, 3.05) is 32.7 Å². The maximum atomic E-state index is 15.4. The van der Waals surface area contributed by atoms with Crippen molar-refractivity contribution in [3.63, 3.8) is 0 Å². The predicted molar refractivity (Wildman–Crippen MR) is 156 cm³/mol. The fourth-order valence-electron chi connectivity index (χ4n) is 4.91. The summed E-state index contributed by atoms with van der Waals surface area (Å²) in [5.74, 6) is 5.32. The van der Waals surface area contributed by atoms with E-state index >= 15 is 4.39 Å². The standard InChI is InChI=1S/C29H29F2N7O2S/c1-4-5-6-13-40-23-16-34-25-21(36-23)10-12-33-26(25)35-18-7-8-20(31)19(14-18)29(17-30)22-15-28(22,41-27(32)37-29)11-9-24(39)38(2)3/h7-12,14,16,22H,4,13,15,17H2,1-3H3,(H2,32,37)(H,33,35)/t22-,28+,29-/m1/s1. The minimum atomic E-state index is -1.54. The van der Waals surface area contributed by atoms with Crippen LogP contribution in [-0.4, -0.2) is 63.1 Å². The number of pyridine rings is 1. The van der Waals surface area contributed by atoms with Gasteiger partial charge >= 0.3 is 0 Å². The third-order valence-corrected chi connectivity index (χ3v) is 8.28. The maximum Gasteiger partial charge on any atom is 0.245 e. The number of nitrogens with zero attached hydrogens (tertiary/aromatic N) is 5. The van der Waals surface area contributed by atoms with E-state index in [2.05, 4.69) is 37.1 Å². The number of aromatic nitrogens is 3. The lowest BCUT2D eigenvalue weighted by atomic mass is 9.84. The number of hydrogen-bond acceptors (Lipinski definition) is 9. The Morgan fingerprint density at radius 2 is 2.15 bits per heavy atom. The molecule has 0 radical (unpaired) electrons. The Balaban J connectivity index is 1.45. The molecule has 2 aromatic heterocycles. The Hall–Kier alpha value is -4.24. The molecule has 3 aromatic rings. The number of hydrogen-bond donors (Lipinski definition) is 2. The second-order valence-electron chi connectivity index (χ2n) is 9.94. The van der Waals surface area contributed by atoms with Crippen LogP contribution in [0.25, 0.3) is 11.0 Å². The van der Waals surface area contributed by atoms with E-state index in [9.17, 15) is 9.18 Å². The molecule has 3 heterocycles. The molecule has 0 bridgehead atoms. The lowest BCUT2D eigenvalue weighted by molar-refractivity contribution is -0.123. The van der Waals surface area contributed by atoms with Gasteiger partial charge in [-0.2, -0.15) is 0 Å². The Labute approximate surface area is 240 Å². The van der Waals surface area contributed by atoms with Gasteiger partial charge in [-0.15, -0.1) is 5.92 Å². The number of amidine groups is 1. The van der Waals surface area contributed by atoms with Gasteiger partial charge < -0.3 is 20.7 Å². The zero-order valence-corrected chi connectivity index (χ0v) is 23.6. The van der Waals surface area contributed by atoms with Gasteiger partial charge in [-0.25, -0.2) is 28.7 Å². The number of carbonyl (C=O) groups excluding carboxylic acids is 1. The van der Waals surface area contributed by atoms with Crippen LogP contribution in [0.15, 0.2) is 53.8 Å². The molecule has 0 spiro atoms. The number of rotatable bonds is 8. The molecular weight excluding hydrogens is 548 g/mol. The Morgan fingerprint density at radius 1 is 1.32 bits per heavy atom. The van der Waals surface area contributed by atoms with Crippen LogP contribution < -0.4 is 15.8 Å². The zero-order valence-electron chi connectivity index (χ0n) is 22.8. The Kier molecular flexibility index (Phi) is 7.82. The number of anilines is 2. The van der Waals surface area contributed by atoms with E-state index in [0.29, 0.717) is 34.8 Å². The number of nitrogens with one attached hydrogen (secondary N) is 1. The summed E-state index contributed by atoms with van der Waals surface area (Å²) < 4.78 is 35.3. The third-order valence-electron chi connectivity index (χ3n) is 7.01. The first-order valence-corrected chi connectivity index (χ1v) is 13.8. The van der Waals surface area contributed by atoms with Crippen LogP contribution in [0, 0.1) is 23.6 Å². The average molecular weight is 578 g/mol. The molecule has 3 N–H and O–H groups in total. The molecule has 1 aromatic carbocycles. The molecule has 1 saturated carbocycles. The molecule has 212 valence electrons. The number of amides is 1. The van der Waals surface area contributed by atoms with Crippen molar-refractivity contribution in [1.29, 1.82) is 0 Å². The molecule has 9 nitrogen and oxygen atoms in total. The lowest BCUT2D eigenvalue weighted by Gasteiger charge is -2.34. The van der Waals surface area contributed by atoms with Crippen LogP contribution >= 0.6 is 11.8 Å². The first-order valence-electron chi connectivity index (χ1n) is 13.0. The van der Waals surface area contributed by atoms with E-state index in [1.165, 1.54) is 47.1 Å². The molecule has 1 amide bonds. The number of likely N-dealkylation sites (N-methyl/N-ethyl adjacent to an activating group) is 1. The summed E-state index contributed by atoms with van der Waals surface area (Å²) in [5, 5.41) is 3.30. The molecule has 1 fully saturated rings. The van der Waals surface area contributed by atoms with Gasteiger partial charge in [-0.3, -0.25) is 4.79 Å². The van der Waals surface area contributed by atoms with Crippen LogP contribution in [0.4, 0.5) is 20.3 Å². The van der Waals surface area contributed by atoms with Gasteiger partial charge in [-0.1, -0.05) is 30.7 Å². The highest BCUT2D eigenvalue weighted by Gasteiger charge is 2.67. The highest BCUT2D eigenvalue weighted by Crippen LogP contribution is 2.67. The normalized spacial score (nSPS) is 22.9. The molecule has 0 saturated heterocycles. The summed E-state index contributed by atoms with van der Waals surface area (Å²) in [6.07, 6.45) is 7.47. The van der Waals surface area contributed by atoms with Gasteiger partial charge in [0.1, 0.15) is 23.5 Å². The van der Waals surface area contributed by atoms with E-state index in [0.717, 1.165) is 6.42 Å². The van der Waals surface area contributed by atoms with Crippen molar-refractivity contribution >= 4 is 45.4 Å². The number of halogens is 2. The van der Waals surface area contributed by atoms with Crippen molar-refractivity contribution < 1.29 is 18.3 Å². The SMILES string of the molecule is CCC#CCOc1cnc2c(Nc3ccc(F)c([C@@]4(CF)N=C(N)S[C@@]5(C=CC(=O)N(C)C)C[C@H]54)c3)nccc2n1. The maximum absolute atomic E-state index is 15.4. The summed E-state index contributed by atoms with van der Waals surface area (Å²) in [7, 11) is 3.29. The quantitative estimate of drug-likeness (QED) is 0.300. The van der Waals surface area contributed by atoms with Gasteiger partial charge in [-0.05, 0) is 30.7 Å². The molecule has 12 heteroatoms. The fourth-order valence-corrected chi connectivity index (χ4v) is 6.23. The smallest absolute Gasteiger partial charge is 0.245 e. The first kappa shape index (κ1) is 28.3. The number of thioether (sulfide) groups is 1. The van der Waals surface area contributed by atoms with E-state index in [1.54, 1.807) is 32.4 Å². The van der Waals surface area contributed by atoms with Crippen LogP contribution in [-0.2, 0) is 10.3 Å². The summed E-state index contributed by atoms with van der Waals surface area (Å²) in [4.78, 5) is 31.4. The molecule has 41 heavy (non-hydrogen) atoms.